The molecule has 0 aliphatic heterocycles. The molecule has 1 amide bonds. The zero-order valence-corrected chi connectivity index (χ0v) is 14.3. The topological polar surface area (TPSA) is 75.6 Å². The van der Waals surface area contributed by atoms with Gasteiger partial charge >= 0.3 is 5.97 Å². The van der Waals surface area contributed by atoms with Crippen molar-refractivity contribution in [2.75, 3.05) is 13.2 Å². The normalized spacial score (nSPS) is 16.4. The van der Waals surface area contributed by atoms with Crippen LogP contribution in [0.25, 0.3) is 0 Å². The van der Waals surface area contributed by atoms with Crippen LogP contribution in [-0.2, 0) is 16.0 Å². The predicted octanol–water partition coefficient (Wildman–Crippen LogP) is 3.03. The van der Waals surface area contributed by atoms with Crippen LogP contribution in [0.4, 0.5) is 0 Å². The van der Waals surface area contributed by atoms with Crippen molar-refractivity contribution < 1.29 is 19.4 Å². The Hall–Kier alpha value is -2.04. The van der Waals surface area contributed by atoms with Crippen molar-refractivity contribution in [1.82, 2.24) is 5.32 Å². The number of rotatable bonds is 8. The van der Waals surface area contributed by atoms with Gasteiger partial charge in [-0.1, -0.05) is 31.4 Å². The van der Waals surface area contributed by atoms with Gasteiger partial charge in [0.1, 0.15) is 5.75 Å². The number of benzene rings is 1. The molecule has 1 aromatic rings. The van der Waals surface area contributed by atoms with Crippen LogP contribution in [0.3, 0.4) is 0 Å². The third-order valence-electron chi connectivity index (χ3n) is 4.56. The van der Waals surface area contributed by atoms with Crippen LogP contribution in [-0.4, -0.2) is 30.1 Å². The number of hydrogen-bond acceptors (Lipinski definition) is 3. The van der Waals surface area contributed by atoms with Crippen LogP contribution < -0.4 is 10.1 Å². The molecular formula is C19H27NO4. The summed E-state index contributed by atoms with van der Waals surface area (Å²) in [4.78, 5) is 23.7. The van der Waals surface area contributed by atoms with E-state index in [0.717, 1.165) is 37.0 Å². The largest absolute Gasteiger partial charge is 0.494 e. The first-order valence-electron chi connectivity index (χ1n) is 8.82. The second kappa shape index (κ2) is 9.30. The highest BCUT2D eigenvalue weighted by Gasteiger charge is 2.24. The van der Waals surface area contributed by atoms with Crippen molar-refractivity contribution in [3.63, 3.8) is 0 Å². The summed E-state index contributed by atoms with van der Waals surface area (Å²) in [5, 5.41) is 12.3. The van der Waals surface area contributed by atoms with E-state index in [4.69, 9.17) is 4.74 Å². The maximum Gasteiger partial charge on any atom is 0.308 e. The Kier molecular flexibility index (Phi) is 7.09. The molecule has 1 atom stereocenters. The van der Waals surface area contributed by atoms with E-state index >= 15 is 0 Å². The Morgan fingerprint density at radius 1 is 1.21 bits per heavy atom. The van der Waals surface area contributed by atoms with Gasteiger partial charge in [-0.05, 0) is 43.9 Å². The molecule has 0 bridgehead atoms. The van der Waals surface area contributed by atoms with Crippen molar-refractivity contribution in [2.45, 2.75) is 45.4 Å². The fraction of sp³-hybridized carbons (Fsp3) is 0.579. The lowest BCUT2D eigenvalue weighted by molar-refractivity contribution is -0.141. The first kappa shape index (κ1) is 18.3. The second-order valence-electron chi connectivity index (χ2n) is 6.40. The van der Waals surface area contributed by atoms with Crippen molar-refractivity contribution in [2.24, 2.45) is 11.8 Å². The summed E-state index contributed by atoms with van der Waals surface area (Å²) < 4.78 is 5.39. The zero-order valence-electron chi connectivity index (χ0n) is 14.3. The summed E-state index contributed by atoms with van der Waals surface area (Å²) in [6, 6.07) is 7.45. The van der Waals surface area contributed by atoms with Gasteiger partial charge in [-0.15, -0.1) is 0 Å². The standard InChI is InChI=1S/C19H27NO4/c1-2-24-17-10-8-14(9-11-17)12-16(19(22)23)13-20-18(21)15-6-4-3-5-7-15/h8-11,15-16H,2-7,12-13H2,1H3,(H,20,21)(H,22,23). The lowest BCUT2D eigenvalue weighted by Crippen LogP contribution is -2.38. The molecule has 0 spiro atoms. The first-order valence-corrected chi connectivity index (χ1v) is 8.82. The molecule has 2 rings (SSSR count). The zero-order chi connectivity index (χ0) is 17.4. The molecule has 1 saturated carbocycles. The van der Waals surface area contributed by atoms with E-state index in [2.05, 4.69) is 5.32 Å². The summed E-state index contributed by atoms with van der Waals surface area (Å²) >= 11 is 0. The van der Waals surface area contributed by atoms with Gasteiger partial charge in [0.05, 0.1) is 12.5 Å². The van der Waals surface area contributed by atoms with Crippen LogP contribution >= 0.6 is 0 Å². The average molecular weight is 333 g/mol. The molecule has 5 heteroatoms. The van der Waals surface area contributed by atoms with E-state index in [-0.39, 0.29) is 18.4 Å². The highest BCUT2D eigenvalue weighted by molar-refractivity contribution is 5.79. The molecule has 24 heavy (non-hydrogen) atoms. The van der Waals surface area contributed by atoms with Gasteiger partial charge in [0, 0.05) is 12.5 Å². The fourth-order valence-corrected chi connectivity index (χ4v) is 3.15. The minimum Gasteiger partial charge on any atom is -0.494 e. The van der Waals surface area contributed by atoms with E-state index in [1.165, 1.54) is 6.42 Å². The third-order valence-corrected chi connectivity index (χ3v) is 4.56. The fourth-order valence-electron chi connectivity index (χ4n) is 3.15. The Labute approximate surface area is 143 Å². The third kappa shape index (κ3) is 5.55. The van der Waals surface area contributed by atoms with Crippen molar-refractivity contribution >= 4 is 11.9 Å². The van der Waals surface area contributed by atoms with Gasteiger partial charge in [0.2, 0.25) is 5.91 Å². The summed E-state index contributed by atoms with van der Waals surface area (Å²) in [5.41, 5.74) is 0.928. The van der Waals surface area contributed by atoms with Crippen LogP contribution in [0.1, 0.15) is 44.6 Å². The maximum atomic E-state index is 12.2. The minimum atomic E-state index is -0.882. The number of amides is 1. The number of nitrogens with one attached hydrogen (secondary N) is 1. The molecule has 1 aromatic carbocycles. The van der Waals surface area contributed by atoms with Crippen molar-refractivity contribution in [1.29, 1.82) is 0 Å². The van der Waals surface area contributed by atoms with E-state index in [0.29, 0.717) is 13.0 Å². The Bertz CT molecular complexity index is 535. The Morgan fingerprint density at radius 3 is 2.46 bits per heavy atom. The molecule has 2 N–H and O–H groups in total. The van der Waals surface area contributed by atoms with Gasteiger partial charge in [-0.25, -0.2) is 0 Å². The van der Waals surface area contributed by atoms with Gasteiger partial charge in [-0.2, -0.15) is 0 Å². The van der Waals surface area contributed by atoms with E-state index in [1.54, 1.807) is 0 Å². The molecule has 1 fully saturated rings. The van der Waals surface area contributed by atoms with Gasteiger partial charge < -0.3 is 15.2 Å². The van der Waals surface area contributed by atoms with Crippen LogP contribution in [0, 0.1) is 11.8 Å². The molecule has 1 aliphatic carbocycles. The number of carboxylic acid groups (broad SMARTS) is 1. The van der Waals surface area contributed by atoms with Crippen molar-refractivity contribution in [3.05, 3.63) is 29.8 Å². The number of carbonyl (C=O) groups is 2. The molecule has 1 unspecified atom stereocenters. The number of aliphatic carboxylic acids is 1. The van der Waals surface area contributed by atoms with Crippen LogP contribution in [0.5, 0.6) is 5.75 Å². The summed E-state index contributed by atoms with van der Waals surface area (Å²) in [7, 11) is 0. The van der Waals surface area contributed by atoms with E-state index in [1.807, 2.05) is 31.2 Å². The molecule has 0 saturated heterocycles. The lowest BCUT2D eigenvalue weighted by atomic mass is 9.88. The van der Waals surface area contributed by atoms with E-state index < -0.39 is 11.9 Å². The minimum absolute atomic E-state index is 0.00708. The number of carboxylic acids is 1. The average Bonchev–Trinajstić information content (AvgIpc) is 2.60. The quantitative estimate of drug-likeness (QED) is 0.767. The van der Waals surface area contributed by atoms with E-state index in [9.17, 15) is 14.7 Å². The smallest absolute Gasteiger partial charge is 0.308 e. The summed E-state index contributed by atoms with van der Waals surface area (Å²) in [6.45, 7) is 2.70. The molecule has 0 radical (unpaired) electrons. The summed E-state index contributed by atoms with van der Waals surface area (Å²) in [5.74, 6) is -0.659. The molecule has 132 valence electrons. The summed E-state index contributed by atoms with van der Waals surface area (Å²) in [6.07, 6.45) is 5.61. The maximum absolute atomic E-state index is 12.2. The first-order chi connectivity index (χ1) is 11.6. The molecule has 0 heterocycles. The Morgan fingerprint density at radius 2 is 1.88 bits per heavy atom. The molecule has 1 aliphatic rings. The number of carbonyl (C=O) groups excluding carboxylic acids is 1. The van der Waals surface area contributed by atoms with Gasteiger partial charge in [0.25, 0.3) is 0 Å². The molecule has 0 aromatic heterocycles. The Balaban J connectivity index is 1.87. The highest BCUT2D eigenvalue weighted by atomic mass is 16.5. The number of hydrogen-bond donors (Lipinski definition) is 2. The van der Waals surface area contributed by atoms with Gasteiger partial charge in [0.15, 0.2) is 0 Å². The van der Waals surface area contributed by atoms with Gasteiger partial charge in [-0.3, -0.25) is 9.59 Å². The second-order valence-corrected chi connectivity index (χ2v) is 6.40. The molecular weight excluding hydrogens is 306 g/mol. The van der Waals surface area contributed by atoms with Crippen molar-refractivity contribution in [3.8, 4) is 5.75 Å². The predicted molar refractivity (Wildman–Crippen MR) is 92.0 cm³/mol. The van der Waals surface area contributed by atoms with Crippen LogP contribution in [0.15, 0.2) is 24.3 Å². The monoisotopic (exact) mass is 333 g/mol. The van der Waals surface area contributed by atoms with Crippen LogP contribution in [0.2, 0.25) is 0 Å². The number of ether oxygens (including phenoxy) is 1. The molecule has 5 nitrogen and oxygen atoms in total. The lowest BCUT2D eigenvalue weighted by Gasteiger charge is -2.22. The SMILES string of the molecule is CCOc1ccc(CC(CNC(=O)C2CCCCC2)C(=O)O)cc1. The highest BCUT2D eigenvalue weighted by Crippen LogP contribution is 2.23.